The second-order valence-corrected chi connectivity index (χ2v) is 4.65. The number of carboxylic acids is 1. The number of hydrogen-bond donors (Lipinski definition) is 2. The standard InChI is InChI=1S/C12H22N2O3/c1-3-13-12(17)9(2)14-7-6-10(8-14)4-5-11(15)16/h9-10H,3-8H2,1-2H3,(H,13,17)(H,15,16). The molecule has 2 atom stereocenters. The van der Waals surface area contributed by atoms with Gasteiger partial charge in [-0.2, -0.15) is 0 Å². The summed E-state index contributed by atoms with van der Waals surface area (Å²) in [7, 11) is 0. The van der Waals surface area contributed by atoms with Crippen molar-refractivity contribution in [3.8, 4) is 0 Å². The molecule has 1 amide bonds. The van der Waals surface area contributed by atoms with E-state index in [1.54, 1.807) is 0 Å². The molecule has 0 saturated carbocycles. The van der Waals surface area contributed by atoms with Gasteiger partial charge in [0, 0.05) is 19.5 Å². The molecule has 0 radical (unpaired) electrons. The van der Waals surface area contributed by atoms with Crippen LogP contribution in [0.2, 0.25) is 0 Å². The van der Waals surface area contributed by atoms with E-state index in [0.717, 1.165) is 19.5 Å². The van der Waals surface area contributed by atoms with Crippen LogP contribution in [0.4, 0.5) is 0 Å². The van der Waals surface area contributed by atoms with Gasteiger partial charge in [0.15, 0.2) is 0 Å². The van der Waals surface area contributed by atoms with Gasteiger partial charge in [0.2, 0.25) is 5.91 Å². The van der Waals surface area contributed by atoms with Gasteiger partial charge in [-0.1, -0.05) is 0 Å². The van der Waals surface area contributed by atoms with Gasteiger partial charge in [0.25, 0.3) is 0 Å². The molecule has 2 unspecified atom stereocenters. The largest absolute Gasteiger partial charge is 0.481 e. The second-order valence-electron chi connectivity index (χ2n) is 4.65. The van der Waals surface area contributed by atoms with Gasteiger partial charge in [-0.15, -0.1) is 0 Å². The first-order valence-electron chi connectivity index (χ1n) is 6.28. The Morgan fingerprint density at radius 1 is 1.53 bits per heavy atom. The number of hydrogen-bond acceptors (Lipinski definition) is 3. The zero-order valence-electron chi connectivity index (χ0n) is 10.6. The quantitative estimate of drug-likeness (QED) is 0.719. The Morgan fingerprint density at radius 2 is 2.24 bits per heavy atom. The molecule has 1 rings (SSSR count). The molecule has 17 heavy (non-hydrogen) atoms. The lowest BCUT2D eigenvalue weighted by Crippen LogP contribution is -2.44. The molecule has 5 nitrogen and oxygen atoms in total. The van der Waals surface area contributed by atoms with Gasteiger partial charge in [-0.25, -0.2) is 0 Å². The zero-order chi connectivity index (χ0) is 12.8. The predicted octanol–water partition coefficient (Wildman–Crippen LogP) is 0.698. The summed E-state index contributed by atoms with van der Waals surface area (Å²) in [5, 5.41) is 11.4. The summed E-state index contributed by atoms with van der Waals surface area (Å²) in [5.41, 5.74) is 0. The maximum absolute atomic E-state index is 11.7. The van der Waals surface area contributed by atoms with Crippen LogP contribution < -0.4 is 5.32 Å². The van der Waals surface area contributed by atoms with Crippen LogP contribution in [0.5, 0.6) is 0 Å². The van der Waals surface area contributed by atoms with Crippen molar-refractivity contribution in [1.82, 2.24) is 10.2 Å². The van der Waals surface area contributed by atoms with Crippen molar-refractivity contribution >= 4 is 11.9 Å². The molecule has 0 aromatic carbocycles. The highest BCUT2D eigenvalue weighted by Gasteiger charge is 2.29. The number of nitrogens with one attached hydrogen (secondary N) is 1. The summed E-state index contributed by atoms with van der Waals surface area (Å²) in [6.45, 7) is 6.20. The third-order valence-electron chi connectivity index (χ3n) is 3.36. The molecular formula is C12H22N2O3. The van der Waals surface area contributed by atoms with Crippen LogP contribution >= 0.6 is 0 Å². The van der Waals surface area contributed by atoms with E-state index in [0.29, 0.717) is 18.9 Å². The van der Waals surface area contributed by atoms with Crippen molar-refractivity contribution in [3.63, 3.8) is 0 Å². The summed E-state index contributed by atoms with van der Waals surface area (Å²) < 4.78 is 0. The van der Waals surface area contributed by atoms with Gasteiger partial charge >= 0.3 is 5.97 Å². The van der Waals surface area contributed by atoms with Gasteiger partial charge in [0.05, 0.1) is 6.04 Å². The van der Waals surface area contributed by atoms with E-state index in [2.05, 4.69) is 10.2 Å². The molecule has 1 aliphatic rings. The molecule has 1 heterocycles. The number of carboxylic acid groups (broad SMARTS) is 1. The predicted molar refractivity (Wildman–Crippen MR) is 64.7 cm³/mol. The first-order chi connectivity index (χ1) is 8.04. The average Bonchev–Trinajstić information content (AvgIpc) is 2.74. The highest BCUT2D eigenvalue weighted by Crippen LogP contribution is 2.22. The molecule has 1 aliphatic heterocycles. The zero-order valence-corrected chi connectivity index (χ0v) is 10.6. The van der Waals surface area contributed by atoms with E-state index in [4.69, 9.17) is 5.11 Å². The van der Waals surface area contributed by atoms with E-state index in [9.17, 15) is 9.59 Å². The van der Waals surface area contributed by atoms with Crippen molar-refractivity contribution < 1.29 is 14.7 Å². The SMILES string of the molecule is CCNC(=O)C(C)N1CCC(CCC(=O)O)C1. The number of rotatable bonds is 6. The van der Waals surface area contributed by atoms with Gasteiger partial charge in [-0.05, 0) is 39.2 Å². The maximum atomic E-state index is 11.7. The normalized spacial score (nSPS) is 22.4. The minimum absolute atomic E-state index is 0.0615. The molecule has 0 aliphatic carbocycles. The highest BCUT2D eigenvalue weighted by atomic mass is 16.4. The number of aliphatic carboxylic acids is 1. The molecule has 1 fully saturated rings. The molecule has 0 spiro atoms. The lowest BCUT2D eigenvalue weighted by molar-refractivity contribution is -0.137. The summed E-state index contributed by atoms with van der Waals surface area (Å²) in [6, 6.07) is -0.107. The Balaban J connectivity index is 2.33. The van der Waals surface area contributed by atoms with Crippen LogP contribution in [0.3, 0.4) is 0 Å². The number of carbonyl (C=O) groups excluding carboxylic acids is 1. The first kappa shape index (κ1) is 14.0. The van der Waals surface area contributed by atoms with E-state index < -0.39 is 5.97 Å². The van der Waals surface area contributed by atoms with Gasteiger partial charge in [-0.3, -0.25) is 14.5 Å². The number of likely N-dealkylation sites (tertiary alicyclic amines) is 1. The van der Waals surface area contributed by atoms with Crippen LogP contribution in [0.15, 0.2) is 0 Å². The van der Waals surface area contributed by atoms with E-state index >= 15 is 0 Å². The Hall–Kier alpha value is -1.10. The van der Waals surface area contributed by atoms with Crippen LogP contribution in [-0.4, -0.2) is 47.6 Å². The minimum Gasteiger partial charge on any atom is -0.481 e. The van der Waals surface area contributed by atoms with E-state index in [1.165, 1.54) is 0 Å². The van der Waals surface area contributed by atoms with Crippen molar-refractivity contribution in [2.75, 3.05) is 19.6 Å². The third kappa shape index (κ3) is 4.34. The lowest BCUT2D eigenvalue weighted by Gasteiger charge is -2.23. The van der Waals surface area contributed by atoms with E-state index in [1.807, 2.05) is 13.8 Å². The number of nitrogens with zero attached hydrogens (tertiary/aromatic N) is 1. The molecule has 5 heteroatoms. The highest BCUT2D eigenvalue weighted by molar-refractivity contribution is 5.81. The fraction of sp³-hybridized carbons (Fsp3) is 0.833. The van der Waals surface area contributed by atoms with Crippen LogP contribution in [0.1, 0.15) is 33.1 Å². The molecule has 0 aromatic rings. The Morgan fingerprint density at radius 3 is 2.82 bits per heavy atom. The number of amides is 1. The van der Waals surface area contributed by atoms with Crippen molar-refractivity contribution in [2.45, 2.75) is 39.2 Å². The van der Waals surface area contributed by atoms with Crippen molar-refractivity contribution in [2.24, 2.45) is 5.92 Å². The van der Waals surface area contributed by atoms with E-state index in [-0.39, 0.29) is 18.4 Å². The summed E-state index contributed by atoms with van der Waals surface area (Å²) in [6.07, 6.45) is 1.94. The Kier molecular flexibility index (Phi) is 5.41. The molecular weight excluding hydrogens is 220 g/mol. The average molecular weight is 242 g/mol. The fourth-order valence-electron chi connectivity index (χ4n) is 2.27. The molecule has 0 bridgehead atoms. The van der Waals surface area contributed by atoms with Gasteiger partial charge in [0.1, 0.15) is 0 Å². The second kappa shape index (κ2) is 6.59. The molecule has 0 aromatic heterocycles. The summed E-state index contributed by atoms with van der Waals surface area (Å²) in [5.74, 6) is -0.255. The third-order valence-corrected chi connectivity index (χ3v) is 3.36. The Bertz CT molecular complexity index is 281. The first-order valence-corrected chi connectivity index (χ1v) is 6.28. The number of likely N-dealkylation sites (N-methyl/N-ethyl adjacent to an activating group) is 1. The van der Waals surface area contributed by atoms with Crippen molar-refractivity contribution in [3.05, 3.63) is 0 Å². The molecule has 98 valence electrons. The minimum atomic E-state index is -0.736. The van der Waals surface area contributed by atoms with Gasteiger partial charge < -0.3 is 10.4 Å². The van der Waals surface area contributed by atoms with Crippen LogP contribution in [0.25, 0.3) is 0 Å². The topological polar surface area (TPSA) is 69.6 Å². The Labute approximate surface area is 102 Å². The fourth-order valence-corrected chi connectivity index (χ4v) is 2.27. The summed E-state index contributed by atoms with van der Waals surface area (Å²) >= 11 is 0. The lowest BCUT2D eigenvalue weighted by atomic mass is 10.0. The number of carbonyl (C=O) groups is 2. The molecule has 1 saturated heterocycles. The van der Waals surface area contributed by atoms with Crippen LogP contribution in [-0.2, 0) is 9.59 Å². The molecule has 2 N–H and O–H groups in total. The van der Waals surface area contributed by atoms with Crippen LogP contribution in [0, 0.1) is 5.92 Å². The monoisotopic (exact) mass is 242 g/mol. The smallest absolute Gasteiger partial charge is 0.303 e. The maximum Gasteiger partial charge on any atom is 0.303 e. The summed E-state index contributed by atoms with van der Waals surface area (Å²) in [4.78, 5) is 24.3. The van der Waals surface area contributed by atoms with Crippen molar-refractivity contribution in [1.29, 1.82) is 0 Å².